The molecule has 256 valence electrons. The number of nitrogens with one attached hydrogen (secondary N) is 4. The highest BCUT2D eigenvalue weighted by molar-refractivity contribution is 7.80. The van der Waals surface area contributed by atoms with Crippen molar-refractivity contribution in [2.45, 2.75) is 75.2 Å². The van der Waals surface area contributed by atoms with E-state index in [1.165, 1.54) is 0 Å². The molecule has 18 heteroatoms. The van der Waals surface area contributed by atoms with Gasteiger partial charge in [0.1, 0.15) is 24.2 Å². The first-order valence-corrected chi connectivity index (χ1v) is 15.2. The monoisotopic (exact) mass is 667 g/mol. The maximum atomic E-state index is 13.4. The SMILES string of the molecule is NCCCC[C@H](NC(=O)[C@@H](N)CS)C(=O)N[C@@H](CC(=O)O)C(=O)N[C@@H](Cc1ccccc1)C(=O)N[C@@H](CCCN=C(N)N)C(=O)O. The molecule has 1 aromatic carbocycles. The van der Waals surface area contributed by atoms with Crippen molar-refractivity contribution in [3.63, 3.8) is 0 Å². The van der Waals surface area contributed by atoms with Crippen LogP contribution in [0, 0.1) is 0 Å². The van der Waals surface area contributed by atoms with E-state index in [2.05, 4.69) is 38.9 Å². The van der Waals surface area contributed by atoms with Gasteiger partial charge in [0, 0.05) is 18.7 Å². The second-order valence-corrected chi connectivity index (χ2v) is 10.8. The first kappa shape index (κ1) is 39.6. The van der Waals surface area contributed by atoms with Crippen molar-refractivity contribution >= 4 is 54.2 Å². The molecule has 0 aliphatic rings. The molecule has 0 radical (unpaired) electrons. The molecule has 0 heterocycles. The van der Waals surface area contributed by atoms with Crippen LogP contribution in [0.2, 0.25) is 0 Å². The van der Waals surface area contributed by atoms with E-state index in [-0.39, 0.29) is 43.9 Å². The smallest absolute Gasteiger partial charge is 0.326 e. The lowest BCUT2D eigenvalue weighted by Gasteiger charge is -2.26. The predicted molar refractivity (Wildman–Crippen MR) is 172 cm³/mol. The molecule has 0 spiro atoms. The number of hydrogen-bond donors (Lipinski definition) is 11. The summed E-state index contributed by atoms with van der Waals surface area (Å²) in [6.45, 7) is 0.448. The van der Waals surface area contributed by atoms with Gasteiger partial charge in [0.05, 0.1) is 12.5 Å². The number of amides is 4. The number of benzene rings is 1. The van der Waals surface area contributed by atoms with Crippen LogP contribution in [0.25, 0.3) is 0 Å². The van der Waals surface area contributed by atoms with Gasteiger partial charge in [0.15, 0.2) is 5.96 Å². The van der Waals surface area contributed by atoms with Crippen LogP contribution in [0.4, 0.5) is 0 Å². The Balaban J connectivity index is 3.22. The van der Waals surface area contributed by atoms with E-state index in [1.807, 2.05) is 0 Å². The average Bonchev–Trinajstić information content (AvgIpc) is 3.00. The van der Waals surface area contributed by atoms with Crippen molar-refractivity contribution < 1.29 is 39.0 Å². The fourth-order valence-corrected chi connectivity index (χ4v) is 4.31. The zero-order valence-electron chi connectivity index (χ0n) is 25.4. The Morgan fingerprint density at radius 3 is 1.87 bits per heavy atom. The van der Waals surface area contributed by atoms with Crippen LogP contribution in [-0.4, -0.2) is 101 Å². The molecule has 0 bridgehead atoms. The second kappa shape index (κ2) is 21.3. The van der Waals surface area contributed by atoms with Crippen LogP contribution in [0.3, 0.4) is 0 Å². The largest absolute Gasteiger partial charge is 0.481 e. The number of unbranched alkanes of at least 4 members (excludes halogenated alkanes) is 1. The van der Waals surface area contributed by atoms with Gasteiger partial charge in [-0.25, -0.2) is 4.79 Å². The lowest BCUT2D eigenvalue weighted by molar-refractivity contribution is -0.143. The molecule has 0 saturated carbocycles. The first-order valence-electron chi connectivity index (χ1n) is 14.6. The number of hydrogen-bond acceptors (Lipinski definition) is 10. The number of nitrogens with zero attached hydrogens (tertiary/aromatic N) is 1. The van der Waals surface area contributed by atoms with Crippen molar-refractivity contribution in [1.82, 2.24) is 21.3 Å². The van der Waals surface area contributed by atoms with Gasteiger partial charge < -0.3 is 54.4 Å². The van der Waals surface area contributed by atoms with Crippen LogP contribution < -0.4 is 44.2 Å². The number of carbonyl (C=O) groups excluding carboxylic acids is 4. The number of aliphatic imine (C=N–C) groups is 1. The fraction of sp³-hybridized carbons (Fsp3) is 0.536. The molecule has 0 unspecified atom stereocenters. The minimum atomic E-state index is -1.67. The molecular weight excluding hydrogens is 622 g/mol. The van der Waals surface area contributed by atoms with E-state index < -0.39 is 72.2 Å². The summed E-state index contributed by atoms with van der Waals surface area (Å²) in [5, 5.41) is 28.8. The summed E-state index contributed by atoms with van der Waals surface area (Å²) in [5.41, 5.74) is 22.4. The van der Waals surface area contributed by atoms with Crippen molar-refractivity contribution in [1.29, 1.82) is 0 Å². The molecule has 4 amide bonds. The van der Waals surface area contributed by atoms with E-state index >= 15 is 0 Å². The summed E-state index contributed by atoms with van der Waals surface area (Å²) >= 11 is 3.98. The number of carboxylic acid groups (broad SMARTS) is 2. The highest BCUT2D eigenvalue weighted by atomic mass is 32.1. The second-order valence-electron chi connectivity index (χ2n) is 10.4. The molecule has 14 N–H and O–H groups in total. The number of carboxylic acids is 2. The Bertz CT molecular complexity index is 1200. The molecule has 46 heavy (non-hydrogen) atoms. The van der Waals surface area contributed by atoms with Crippen LogP contribution in [0.15, 0.2) is 35.3 Å². The van der Waals surface area contributed by atoms with E-state index in [0.717, 1.165) is 0 Å². The third-order valence-electron chi connectivity index (χ3n) is 6.60. The summed E-state index contributed by atoms with van der Waals surface area (Å²) in [6, 6.07) is 1.90. The van der Waals surface area contributed by atoms with Gasteiger partial charge in [-0.1, -0.05) is 30.3 Å². The molecule has 17 nitrogen and oxygen atoms in total. The number of thiol groups is 1. The standard InChI is InChI=1S/C28H45N9O8S/c29-11-5-4-9-18(34-23(40)17(30)15-46)24(41)37-21(14-22(38)39)26(43)36-20(13-16-7-2-1-3-8-16)25(42)35-19(27(44)45)10-6-12-33-28(31)32/h1-3,7-8,17-21,46H,4-6,9-15,29-30H2,(H,34,40)(H,35,42)(H,36,43)(H,37,41)(H,38,39)(H,44,45)(H4,31,32,33)/t17-,18-,19-,20-,21-/m0/s1. The minimum absolute atomic E-state index is 0.00309. The topological polar surface area (TPSA) is 307 Å². The van der Waals surface area contributed by atoms with Gasteiger partial charge in [-0.3, -0.25) is 29.0 Å². The van der Waals surface area contributed by atoms with E-state index in [9.17, 15) is 39.0 Å². The number of carbonyl (C=O) groups is 6. The zero-order chi connectivity index (χ0) is 34.6. The summed E-state index contributed by atoms with van der Waals surface area (Å²) in [5.74, 6) is -6.35. The molecule has 1 aromatic rings. The Morgan fingerprint density at radius 2 is 1.30 bits per heavy atom. The zero-order valence-corrected chi connectivity index (χ0v) is 26.3. The van der Waals surface area contributed by atoms with Crippen molar-refractivity contribution in [3.05, 3.63) is 35.9 Å². The molecule has 0 aliphatic heterocycles. The van der Waals surface area contributed by atoms with Gasteiger partial charge in [-0.2, -0.15) is 12.6 Å². The van der Waals surface area contributed by atoms with Gasteiger partial charge in [-0.15, -0.1) is 0 Å². The third-order valence-corrected chi connectivity index (χ3v) is 6.99. The molecule has 1 rings (SSSR count). The summed E-state index contributed by atoms with van der Waals surface area (Å²) in [7, 11) is 0. The minimum Gasteiger partial charge on any atom is -0.481 e. The van der Waals surface area contributed by atoms with E-state index in [4.69, 9.17) is 22.9 Å². The third kappa shape index (κ3) is 15.5. The van der Waals surface area contributed by atoms with Gasteiger partial charge >= 0.3 is 11.9 Å². The Hall–Kier alpha value is -4.42. The normalized spacial score (nSPS) is 14.0. The van der Waals surface area contributed by atoms with E-state index in [1.54, 1.807) is 30.3 Å². The summed E-state index contributed by atoms with van der Waals surface area (Å²) in [6.07, 6.45) is 0.310. The Kier molecular flexibility index (Phi) is 18.4. The fourth-order valence-electron chi connectivity index (χ4n) is 4.14. The van der Waals surface area contributed by atoms with E-state index in [0.29, 0.717) is 24.9 Å². The quantitative estimate of drug-likeness (QED) is 0.0258. The lowest BCUT2D eigenvalue weighted by atomic mass is 10.0. The van der Waals surface area contributed by atoms with Crippen molar-refractivity contribution in [2.75, 3.05) is 18.8 Å². The number of nitrogens with two attached hydrogens (primary N) is 4. The predicted octanol–water partition coefficient (Wildman–Crippen LogP) is -2.83. The van der Waals surface area contributed by atoms with Gasteiger partial charge in [-0.05, 0) is 44.2 Å². The Morgan fingerprint density at radius 1 is 0.761 bits per heavy atom. The van der Waals surface area contributed by atoms with Crippen LogP contribution >= 0.6 is 12.6 Å². The highest BCUT2D eigenvalue weighted by Crippen LogP contribution is 2.08. The Labute approximate surface area is 272 Å². The van der Waals surface area contributed by atoms with Gasteiger partial charge in [0.2, 0.25) is 23.6 Å². The highest BCUT2D eigenvalue weighted by Gasteiger charge is 2.32. The average molecular weight is 668 g/mol. The number of rotatable bonds is 22. The maximum absolute atomic E-state index is 13.4. The van der Waals surface area contributed by atoms with Crippen molar-refractivity contribution in [3.8, 4) is 0 Å². The molecule has 0 saturated heterocycles. The molecular formula is C28H45N9O8S. The molecule has 0 fully saturated rings. The van der Waals surface area contributed by atoms with Crippen LogP contribution in [0.5, 0.6) is 0 Å². The number of aliphatic carboxylic acids is 2. The molecule has 5 atom stereocenters. The molecule has 0 aromatic heterocycles. The summed E-state index contributed by atoms with van der Waals surface area (Å²) < 4.78 is 0. The lowest BCUT2D eigenvalue weighted by Crippen LogP contribution is -2.59. The van der Waals surface area contributed by atoms with Crippen LogP contribution in [0.1, 0.15) is 44.1 Å². The summed E-state index contributed by atoms with van der Waals surface area (Å²) in [4.78, 5) is 79.7. The molecule has 0 aliphatic carbocycles. The van der Waals surface area contributed by atoms with Crippen molar-refractivity contribution in [2.24, 2.45) is 27.9 Å². The maximum Gasteiger partial charge on any atom is 0.326 e. The first-order chi connectivity index (χ1) is 21.8. The van der Waals surface area contributed by atoms with Gasteiger partial charge in [0.25, 0.3) is 0 Å². The number of guanidine groups is 1. The van der Waals surface area contributed by atoms with Crippen LogP contribution in [-0.2, 0) is 35.2 Å².